The van der Waals surface area contributed by atoms with Gasteiger partial charge in [-0.25, -0.2) is 4.79 Å². The van der Waals surface area contributed by atoms with Gasteiger partial charge in [-0.2, -0.15) is 11.8 Å². The molecule has 0 aromatic heterocycles. The van der Waals surface area contributed by atoms with Crippen molar-refractivity contribution in [2.75, 3.05) is 40.2 Å². The third-order valence-corrected chi connectivity index (χ3v) is 10.4. The molecular formula is C43H56N2O7S. The van der Waals surface area contributed by atoms with Crippen LogP contribution in [-0.4, -0.2) is 74.5 Å². The van der Waals surface area contributed by atoms with Crippen molar-refractivity contribution in [3.8, 4) is 5.75 Å². The second kappa shape index (κ2) is 22.0. The Bertz CT molecular complexity index is 1650. The van der Waals surface area contributed by atoms with Crippen molar-refractivity contribution in [1.29, 1.82) is 0 Å². The fraction of sp³-hybridized carbons (Fsp3) is 0.442. The summed E-state index contributed by atoms with van der Waals surface area (Å²) in [4.78, 5) is 48.7. The number of imide groups is 1. The Morgan fingerprint density at radius 3 is 2.19 bits per heavy atom. The van der Waals surface area contributed by atoms with Crippen LogP contribution in [0.15, 0.2) is 73.3 Å². The van der Waals surface area contributed by atoms with E-state index in [1.807, 2.05) is 49.7 Å². The number of unbranched alkanes of at least 4 members (excludes halogenated alkanes) is 5. The van der Waals surface area contributed by atoms with E-state index in [0.717, 1.165) is 71.9 Å². The summed E-state index contributed by atoms with van der Waals surface area (Å²) in [5.74, 6) is 0.161. The van der Waals surface area contributed by atoms with E-state index in [0.29, 0.717) is 50.3 Å². The van der Waals surface area contributed by atoms with Gasteiger partial charge in [0.2, 0.25) is 18.2 Å². The van der Waals surface area contributed by atoms with Gasteiger partial charge in [0.05, 0.1) is 30.1 Å². The smallest absolute Gasteiger partial charge is 0.337 e. The number of rotatable bonds is 23. The molecule has 0 aliphatic rings. The molecule has 3 rings (SSSR count). The number of benzene rings is 3. The van der Waals surface area contributed by atoms with Gasteiger partial charge in [-0.15, -0.1) is 0 Å². The molecule has 53 heavy (non-hydrogen) atoms. The zero-order chi connectivity index (χ0) is 38.8. The number of hydrogen-bond acceptors (Lipinski definition) is 8. The third kappa shape index (κ3) is 13.8. The molecule has 286 valence electrons. The van der Waals surface area contributed by atoms with Gasteiger partial charge in [-0.05, 0) is 110 Å². The topological polar surface area (TPSA) is 111 Å². The number of aryl methyl sites for hydroxylation is 1. The molecule has 3 aromatic carbocycles. The molecule has 0 radical (unpaired) electrons. The number of methoxy groups -OCH3 is 1. The molecule has 1 N–H and O–H groups in total. The van der Waals surface area contributed by atoms with Crippen LogP contribution in [0.2, 0.25) is 0 Å². The third-order valence-electron chi connectivity index (χ3n) is 9.40. The minimum atomic E-state index is -0.462. The summed E-state index contributed by atoms with van der Waals surface area (Å²) < 4.78 is 17.0. The highest BCUT2D eigenvalue weighted by Gasteiger charge is 2.23. The average Bonchev–Trinajstić information content (AvgIpc) is 3.16. The van der Waals surface area contributed by atoms with Crippen LogP contribution in [0.5, 0.6) is 5.75 Å². The highest BCUT2D eigenvalue weighted by atomic mass is 32.2. The van der Waals surface area contributed by atoms with E-state index in [9.17, 15) is 19.2 Å². The van der Waals surface area contributed by atoms with Crippen LogP contribution in [0.25, 0.3) is 5.57 Å². The van der Waals surface area contributed by atoms with Crippen LogP contribution in [0.3, 0.4) is 0 Å². The van der Waals surface area contributed by atoms with Gasteiger partial charge in [0.1, 0.15) is 12.4 Å². The van der Waals surface area contributed by atoms with Crippen LogP contribution in [0.4, 0.5) is 0 Å². The molecule has 3 amide bonds. The van der Waals surface area contributed by atoms with E-state index in [2.05, 4.69) is 50.9 Å². The lowest BCUT2D eigenvalue weighted by molar-refractivity contribution is -0.130. The van der Waals surface area contributed by atoms with Gasteiger partial charge in [0, 0.05) is 20.1 Å². The Morgan fingerprint density at radius 2 is 1.55 bits per heavy atom. The lowest BCUT2D eigenvalue weighted by Gasteiger charge is -2.27. The van der Waals surface area contributed by atoms with Crippen molar-refractivity contribution in [3.05, 3.63) is 107 Å². The normalized spacial score (nSPS) is 11.7. The average molecular weight is 745 g/mol. The van der Waals surface area contributed by atoms with Crippen molar-refractivity contribution in [1.82, 2.24) is 10.2 Å². The number of amides is 3. The van der Waals surface area contributed by atoms with Gasteiger partial charge >= 0.3 is 5.97 Å². The number of likely N-dealkylation sites (N-methyl/N-ethyl adjacent to an activating group) is 1. The van der Waals surface area contributed by atoms with E-state index >= 15 is 0 Å². The maximum atomic E-state index is 12.6. The molecule has 0 heterocycles. The molecule has 0 spiro atoms. The molecule has 9 nitrogen and oxygen atoms in total. The predicted molar refractivity (Wildman–Crippen MR) is 213 cm³/mol. The second-order valence-electron chi connectivity index (χ2n) is 13.7. The maximum Gasteiger partial charge on any atom is 0.337 e. The van der Waals surface area contributed by atoms with Crippen LogP contribution in [0.1, 0.15) is 97.0 Å². The second-order valence-corrected chi connectivity index (χ2v) is 14.7. The molecule has 0 saturated carbocycles. The summed E-state index contributed by atoms with van der Waals surface area (Å²) in [6, 6.07) is 21.2. The van der Waals surface area contributed by atoms with Crippen molar-refractivity contribution in [2.45, 2.75) is 83.0 Å². The number of ether oxygens (including phenoxy) is 3. The Kier molecular flexibility index (Phi) is 17.8. The molecule has 0 bridgehead atoms. The summed E-state index contributed by atoms with van der Waals surface area (Å²) >= 11 is 1.40. The lowest BCUT2D eigenvalue weighted by atomic mass is 9.89. The minimum absolute atomic E-state index is 0.121. The van der Waals surface area contributed by atoms with Crippen molar-refractivity contribution < 1.29 is 33.4 Å². The lowest BCUT2D eigenvalue weighted by Crippen LogP contribution is -2.32. The van der Waals surface area contributed by atoms with Gasteiger partial charge in [0.25, 0.3) is 0 Å². The highest BCUT2D eigenvalue weighted by Crippen LogP contribution is 2.32. The SMILES string of the molecule is C=C(c1ccc(C(=O)OC)cc1)c1cc(C(C)(C)OCCCCCCCCC(=O)N(C)CCOc2ccc(CC(SC)C(=O)NC=O)cc2)ccc1C. The maximum absolute atomic E-state index is 12.6. The van der Waals surface area contributed by atoms with Crippen LogP contribution in [0, 0.1) is 6.92 Å². The first-order chi connectivity index (χ1) is 25.4. The number of nitrogens with one attached hydrogen (secondary N) is 1. The van der Waals surface area contributed by atoms with Crippen molar-refractivity contribution in [2.24, 2.45) is 0 Å². The van der Waals surface area contributed by atoms with Crippen molar-refractivity contribution >= 4 is 41.5 Å². The first-order valence-electron chi connectivity index (χ1n) is 18.3. The van der Waals surface area contributed by atoms with E-state index in [4.69, 9.17) is 14.2 Å². The van der Waals surface area contributed by atoms with Gasteiger partial charge in [-0.1, -0.05) is 68.7 Å². The molecular weight excluding hydrogens is 689 g/mol. The van der Waals surface area contributed by atoms with Crippen molar-refractivity contribution in [3.63, 3.8) is 0 Å². The molecule has 3 aromatic rings. The first-order valence-corrected chi connectivity index (χ1v) is 19.5. The monoisotopic (exact) mass is 744 g/mol. The number of esters is 1. The van der Waals surface area contributed by atoms with Gasteiger partial charge in [0.15, 0.2) is 0 Å². The summed E-state index contributed by atoms with van der Waals surface area (Å²) in [7, 11) is 3.18. The molecule has 0 aliphatic heterocycles. The molecule has 1 atom stereocenters. The quantitative estimate of drug-likeness (QED) is 0.0593. The highest BCUT2D eigenvalue weighted by molar-refractivity contribution is 7.99. The Balaban J connectivity index is 1.29. The zero-order valence-corrected chi connectivity index (χ0v) is 33.0. The Hall–Kier alpha value is -4.41. The number of hydrogen-bond donors (Lipinski definition) is 1. The predicted octanol–water partition coefficient (Wildman–Crippen LogP) is 7.91. The largest absolute Gasteiger partial charge is 0.492 e. The van der Waals surface area contributed by atoms with Gasteiger partial charge < -0.3 is 19.1 Å². The van der Waals surface area contributed by atoms with Crippen LogP contribution < -0.4 is 10.1 Å². The fourth-order valence-electron chi connectivity index (χ4n) is 5.88. The van der Waals surface area contributed by atoms with Crippen LogP contribution >= 0.6 is 11.8 Å². The number of carbonyl (C=O) groups is 4. The summed E-state index contributed by atoms with van der Waals surface area (Å²) in [6.07, 6.45) is 9.42. The number of nitrogens with zero attached hydrogens (tertiary/aromatic N) is 1. The Labute approximate surface area is 319 Å². The molecule has 1 unspecified atom stereocenters. The summed E-state index contributed by atoms with van der Waals surface area (Å²) in [5, 5.41) is 1.87. The van der Waals surface area contributed by atoms with E-state index in [-0.39, 0.29) is 23.0 Å². The molecule has 0 saturated heterocycles. The minimum Gasteiger partial charge on any atom is -0.492 e. The molecule has 10 heteroatoms. The molecule has 0 fully saturated rings. The number of thioether (sulfide) groups is 1. The Morgan fingerprint density at radius 1 is 0.906 bits per heavy atom. The summed E-state index contributed by atoms with van der Waals surface area (Å²) in [5.41, 5.74) is 6.11. The summed E-state index contributed by atoms with van der Waals surface area (Å²) in [6.45, 7) is 12.2. The zero-order valence-electron chi connectivity index (χ0n) is 32.2. The van der Waals surface area contributed by atoms with Crippen LogP contribution in [-0.2, 0) is 35.9 Å². The first kappa shape index (κ1) is 43.0. The molecule has 0 aliphatic carbocycles. The van der Waals surface area contributed by atoms with E-state index < -0.39 is 5.60 Å². The van der Waals surface area contributed by atoms with E-state index in [1.54, 1.807) is 17.0 Å². The van der Waals surface area contributed by atoms with E-state index in [1.165, 1.54) is 18.9 Å². The van der Waals surface area contributed by atoms with Gasteiger partial charge in [-0.3, -0.25) is 19.7 Å². The number of carbonyl (C=O) groups excluding carboxylic acids is 4. The standard InChI is InChI=1S/C43H56N2O7S/c1-31-15-22-36(29-38(31)32(2)34-18-20-35(21-19-34)42(49)50-6)43(3,4)52-26-13-11-9-8-10-12-14-40(47)45(5)25-27-51-37-23-16-33(17-24-37)28-39(53-7)41(48)44-30-46/h15-24,29-30,39H,2,8-14,25-28H2,1,3-7H3,(H,44,46,48). The fourth-order valence-corrected chi connectivity index (χ4v) is 6.53.